The molecule has 11 heteroatoms. The molecule has 4 heterocycles. The van der Waals surface area contributed by atoms with Crippen LogP contribution in [0.3, 0.4) is 0 Å². The fourth-order valence-electron chi connectivity index (χ4n) is 4.66. The topological polar surface area (TPSA) is 134 Å². The van der Waals surface area contributed by atoms with Gasteiger partial charge < -0.3 is 24.5 Å². The van der Waals surface area contributed by atoms with E-state index in [1.165, 1.54) is 20.2 Å². The van der Waals surface area contributed by atoms with Crippen molar-refractivity contribution in [3.8, 4) is 0 Å². The number of amidine groups is 1. The van der Waals surface area contributed by atoms with Crippen molar-refractivity contribution in [1.82, 2.24) is 14.5 Å². The highest BCUT2D eigenvalue weighted by Crippen LogP contribution is 2.41. The number of rotatable bonds is 6. The van der Waals surface area contributed by atoms with Crippen LogP contribution in [0, 0.1) is 5.92 Å². The lowest BCUT2D eigenvalue weighted by atomic mass is 10.0. The van der Waals surface area contributed by atoms with Crippen LogP contribution in [0.15, 0.2) is 48.0 Å². The van der Waals surface area contributed by atoms with E-state index in [2.05, 4.69) is 15.1 Å². The van der Waals surface area contributed by atoms with Gasteiger partial charge in [0.15, 0.2) is 11.7 Å². The van der Waals surface area contributed by atoms with Crippen LogP contribution in [0.1, 0.15) is 38.1 Å². The molecule has 2 aromatic heterocycles. The van der Waals surface area contributed by atoms with Crippen molar-refractivity contribution >= 4 is 34.6 Å². The lowest BCUT2D eigenvalue weighted by Gasteiger charge is -2.23. The maximum absolute atomic E-state index is 11.8. The number of hydrogen-bond acceptors (Lipinski definition) is 10. The maximum atomic E-state index is 11.8. The number of benzene rings is 1. The number of hydrogen-bond donors (Lipinski definition) is 1. The summed E-state index contributed by atoms with van der Waals surface area (Å²) in [6.45, 7) is 5.03. The largest absolute Gasteiger partial charge is 0.463 e. The molecule has 1 aromatic carbocycles. The summed E-state index contributed by atoms with van der Waals surface area (Å²) in [5, 5.41) is 7.10. The second kappa shape index (κ2) is 8.99. The summed E-state index contributed by atoms with van der Waals surface area (Å²) in [6, 6.07) is 9.91. The summed E-state index contributed by atoms with van der Waals surface area (Å²) < 4.78 is 18.8. The third-order valence-corrected chi connectivity index (χ3v) is 6.19. The SMILES string of the molecule is CC(=O)OCC1O[C@@H](n2cc3c4c(ncnc42)N(Cc2ccccc2)N=C3N)[C@@H](C)[C@@H]1OC(C)=O. The highest BCUT2D eigenvalue weighted by Gasteiger charge is 2.46. The first-order valence-electron chi connectivity index (χ1n) is 11.3. The van der Waals surface area contributed by atoms with Crippen LogP contribution in [0.25, 0.3) is 11.0 Å². The van der Waals surface area contributed by atoms with Crippen molar-refractivity contribution in [2.24, 2.45) is 16.8 Å². The number of ether oxygens (including phenoxy) is 3. The molecule has 0 aliphatic carbocycles. The van der Waals surface area contributed by atoms with Crippen molar-refractivity contribution in [2.45, 2.75) is 45.8 Å². The zero-order valence-corrected chi connectivity index (χ0v) is 19.6. The van der Waals surface area contributed by atoms with Gasteiger partial charge in [-0.15, -0.1) is 0 Å². The zero-order chi connectivity index (χ0) is 24.7. The Balaban J connectivity index is 1.52. The highest BCUT2D eigenvalue weighted by atomic mass is 16.6. The van der Waals surface area contributed by atoms with E-state index in [4.69, 9.17) is 19.9 Å². The third kappa shape index (κ3) is 4.18. The van der Waals surface area contributed by atoms with E-state index in [-0.39, 0.29) is 12.5 Å². The number of carbonyl (C=O) groups is 2. The summed E-state index contributed by atoms with van der Waals surface area (Å²) in [6.07, 6.45) is 1.53. The molecular formula is C24H26N6O5. The Morgan fingerprint density at radius 1 is 1.14 bits per heavy atom. The van der Waals surface area contributed by atoms with Crippen LogP contribution in [-0.2, 0) is 30.3 Å². The number of aromatic nitrogens is 3. The first-order chi connectivity index (χ1) is 16.8. The molecule has 1 unspecified atom stereocenters. The fourth-order valence-corrected chi connectivity index (χ4v) is 4.66. The van der Waals surface area contributed by atoms with Gasteiger partial charge in [0.1, 0.15) is 37.0 Å². The Kier molecular flexibility index (Phi) is 5.85. The van der Waals surface area contributed by atoms with Crippen LogP contribution in [0.2, 0.25) is 0 Å². The van der Waals surface area contributed by atoms with E-state index in [0.717, 1.165) is 10.9 Å². The molecule has 1 fully saturated rings. The van der Waals surface area contributed by atoms with E-state index in [9.17, 15) is 9.59 Å². The van der Waals surface area contributed by atoms with Crippen LogP contribution >= 0.6 is 0 Å². The molecule has 1 saturated heterocycles. The van der Waals surface area contributed by atoms with Gasteiger partial charge in [0, 0.05) is 31.5 Å². The zero-order valence-electron chi connectivity index (χ0n) is 19.6. The minimum atomic E-state index is -0.629. The summed E-state index contributed by atoms with van der Waals surface area (Å²) in [5.41, 5.74) is 8.74. The van der Waals surface area contributed by atoms with Gasteiger partial charge in [-0.2, -0.15) is 5.10 Å². The molecule has 0 amide bonds. The van der Waals surface area contributed by atoms with E-state index in [1.54, 1.807) is 5.01 Å². The molecule has 182 valence electrons. The predicted octanol–water partition coefficient (Wildman–Crippen LogP) is 2.10. The number of carbonyl (C=O) groups excluding carboxylic acids is 2. The lowest BCUT2D eigenvalue weighted by Crippen LogP contribution is -2.34. The second-order valence-electron chi connectivity index (χ2n) is 8.68. The van der Waals surface area contributed by atoms with Crippen LogP contribution in [0.4, 0.5) is 5.82 Å². The van der Waals surface area contributed by atoms with Gasteiger partial charge in [-0.25, -0.2) is 15.0 Å². The Hall–Kier alpha value is -3.99. The molecule has 0 bridgehead atoms. The summed E-state index contributed by atoms with van der Waals surface area (Å²) >= 11 is 0. The Bertz CT molecular complexity index is 1310. The van der Waals surface area contributed by atoms with E-state index >= 15 is 0 Å². The number of nitrogens with two attached hydrogens (primary N) is 1. The van der Waals surface area contributed by atoms with E-state index in [0.29, 0.717) is 29.4 Å². The molecule has 4 atom stereocenters. The van der Waals surface area contributed by atoms with Crippen molar-refractivity contribution in [2.75, 3.05) is 11.6 Å². The van der Waals surface area contributed by atoms with Crippen LogP contribution in [0.5, 0.6) is 0 Å². The Labute approximate surface area is 201 Å². The van der Waals surface area contributed by atoms with Crippen LogP contribution < -0.4 is 10.7 Å². The normalized spacial score (nSPS) is 23.3. The van der Waals surface area contributed by atoms with Gasteiger partial charge in [-0.05, 0) is 5.56 Å². The van der Waals surface area contributed by atoms with E-state index < -0.39 is 30.4 Å². The number of esters is 2. The summed E-state index contributed by atoms with van der Waals surface area (Å²) in [7, 11) is 0. The number of anilines is 1. The Morgan fingerprint density at radius 3 is 2.63 bits per heavy atom. The molecule has 2 aliphatic heterocycles. The Morgan fingerprint density at radius 2 is 1.91 bits per heavy atom. The molecule has 0 saturated carbocycles. The van der Waals surface area contributed by atoms with Crippen LogP contribution in [-0.4, -0.2) is 51.1 Å². The smallest absolute Gasteiger partial charge is 0.303 e. The molecule has 2 N–H and O–H groups in total. The first-order valence-corrected chi connectivity index (χ1v) is 11.3. The van der Waals surface area contributed by atoms with Crippen molar-refractivity contribution in [3.05, 3.63) is 54.0 Å². The first kappa shape index (κ1) is 22.8. The number of nitrogens with zero attached hydrogens (tertiary/aromatic N) is 5. The molecule has 0 spiro atoms. The predicted molar refractivity (Wildman–Crippen MR) is 126 cm³/mol. The van der Waals surface area contributed by atoms with Gasteiger partial charge in [0.05, 0.1) is 11.9 Å². The monoisotopic (exact) mass is 478 g/mol. The lowest BCUT2D eigenvalue weighted by molar-refractivity contribution is -0.156. The molecule has 35 heavy (non-hydrogen) atoms. The summed E-state index contributed by atoms with van der Waals surface area (Å²) in [4.78, 5) is 32.2. The maximum Gasteiger partial charge on any atom is 0.303 e. The van der Waals surface area contributed by atoms with Crippen molar-refractivity contribution in [3.63, 3.8) is 0 Å². The van der Waals surface area contributed by atoms with Gasteiger partial charge in [-0.3, -0.25) is 9.59 Å². The van der Waals surface area contributed by atoms with Crippen molar-refractivity contribution in [1.29, 1.82) is 0 Å². The standard InChI is InChI=1S/C24H26N6O5/c1-13-20(34-15(3)32)18(11-33-14(2)31)35-24(13)29-10-17-19-22(29)26-12-27-23(19)30(28-21(17)25)9-16-7-5-4-6-8-16/h4-8,10,12-13,18,20,24H,9,11H2,1-3H3,(H2,25,28)/t13-,18?,20-,24+/m0/s1. The van der Waals surface area contributed by atoms with E-state index in [1.807, 2.05) is 48.0 Å². The third-order valence-electron chi connectivity index (χ3n) is 6.19. The van der Waals surface area contributed by atoms with Crippen molar-refractivity contribution < 1.29 is 23.8 Å². The molecule has 0 radical (unpaired) electrons. The van der Waals surface area contributed by atoms with Gasteiger partial charge >= 0.3 is 11.9 Å². The minimum Gasteiger partial charge on any atom is -0.463 e. The summed E-state index contributed by atoms with van der Waals surface area (Å²) in [5.74, 6) is -0.162. The second-order valence-corrected chi connectivity index (χ2v) is 8.68. The minimum absolute atomic E-state index is 0.0329. The molecule has 3 aromatic rings. The number of hydrazone groups is 1. The average Bonchev–Trinajstić information content (AvgIpc) is 3.35. The van der Waals surface area contributed by atoms with Gasteiger partial charge in [0.25, 0.3) is 0 Å². The average molecular weight is 479 g/mol. The fraction of sp³-hybridized carbons (Fsp3) is 0.375. The molecule has 11 nitrogen and oxygen atoms in total. The molecular weight excluding hydrogens is 452 g/mol. The quantitative estimate of drug-likeness (QED) is 0.529. The highest BCUT2D eigenvalue weighted by molar-refractivity contribution is 6.14. The van der Waals surface area contributed by atoms with Gasteiger partial charge in [0.2, 0.25) is 0 Å². The van der Waals surface area contributed by atoms with Gasteiger partial charge in [-0.1, -0.05) is 37.3 Å². The molecule has 5 rings (SSSR count). The molecule has 2 aliphatic rings.